The highest BCUT2D eigenvalue weighted by Crippen LogP contribution is 2.24. The minimum absolute atomic E-state index is 0.213. The van der Waals surface area contributed by atoms with Gasteiger partial charge in [-0.05, 0) is 48.2 Å². The molecule has 0 spiro atoms. The van der Waals surface area contributed by atoms with Crippen LogP contribution in [0.1, 0.15) is 0 Å². The van der Waals surface area contributed by atoms with Crippen molar-refractivity contribution < 1.29 is 17.4 Å². The lowest BCUT2D eigenvalue weighted by molar-refractivity contribution is 0.270. The van der Waals surface area contributed by atoms with Crippen molar-refractivity contribution in [1.29, 1.82) is 0 Å². The Morgan fingerprint density at radius 3 is 2.24 bits per heavy atom. The van der Waals surface area contributed by atoms with E-state index in [4.69, 9.17) is 4.18 Å². The van der Waals surface area contributed by atoms with Gasteiger partial charge in [0, 0.05) is 10.6 Å². The molecule has 0 radical (unpaired) electrons. The summed E-state index contributed by atoms with van der Waals surface area (Å²) >= 11 is 1.01. The third kappa shape index (κ3) is 5.49. The lowest BCUT2D eigenvalue weighted by Gasteiger charge is -2.06. The second-order valence-corrected chi connectivity index (χ2v) is 6.76. The quantitative estimate of drug-likeness (QED) is 0.690. The molecular weight excluding hydrogens is 310 g/mol. The van der Waals surface area contributed by atoms with Crippen LogP contribution in [0.3, 0.4) is 0 Å². The highest BCUT2D eigenvalue weighted by molar-refractivity contribution is 8.13. The fourth-order valence-electron chi connectivity index (χ4n) is 1.51. The molecule has 2 aromatic rings. The first-order valence-electron chi connectivity index (χ1n) is 5.96. The van der Waals surface area contributed by atoms with Crippen molar-refractivity contribution in [3.05, 3.63) is 54.6 Å². The third-order valence-corrected chi connectivity index (χ3v) is 3.59. The van der Waals surface area contributed by atoms with E-state index in [2.05, 4.69) is 5.32 Å². The summed E-state index contributed by atoms with van der Waals surface area (Å²) in [6, 6.07) is 15.4. The molecule has 0 fully saturated rings. The maximum absolute atomic E-state index is 11.8. The molecule has 0 saturated carbocycles. The summed E-state index contributed by atoms with van der Waals surface area (Å²) in [5.41, 5.74) is 0.715. The fraction of sp³-hybridized carbons (Fsp3) is 0.0714. The Hall–Kier alpha value is -1.99. The van der Waals surface area contributed by atoms with Crippen molar-refractivity contribution in [2.45, 2.75) is 4.90 Å². The van der Waals surface area contributed by atoms with Crippen molar-refractivity contribution >= 4 is 32.8 Å². The van der Waals surface area contributed by atoms with E-state index in [1.807, 2.05) is 18.2 Å². The van der Waals surface area contributed by atoms with Crippen LogP contribution >= 0.6 is 11.8 Å². The van der Waals surface area contributed by atoms with Gasteiger partial charge in [0.1, 0.15) is 5.75 Å². The van der Waals surface area contributed by atoms with E-state index in [1.165, 1.54) is 12.1 Å². The monoisotopic (exact) mass is 323 g/mol. The van der Waals surface area contributed by atoms with Crippen molar-refractivity contribution in [2.75, 3.05) is 11.6 Å². The molecule has 21 heavy (non-hydrogen) atoms. The summed E-state index contributed by atoms with van der Waals surface area (Å²) in [6.07, 6.45) is 0.975. The van der Waals surface area contributed by atoms with Crippen LogP contribution in [-0.2, 0) is 10.1 Å². The minimum Gasteiger partial charge on any atom is -0.383 e. The Balaban J connectivity index is 1.95. The maximum Gasteiger partial charge on any atom is 0.306 e. The molecule has 1 N–H and O–H groups in total. The molecule has 7 heteroatoms. The van der Waals surface area contributed by atoms with Crippen LogP contribution in [0.5, 0.6) is 5.75 Å². The number of thioether (sulfide) groups is 1. The molecule has 5 nitrogen and oxygen atoms in total. The molecule has 110 valence electrons. The largest absolute Gasteiger partial charge is 0.383 e. The highest BCUT2D eigenvalue weighted by atomic mass is 32.2. The Labute approximate surface area is 127 Å². The van der Waals surface area contributed by atoms with Gasteiger partial charge in [-0.25, -0.2) is 0 Å². The van der Waals surface area contributed by atoms with Crippen LogP contribution in [-0.4, -0.2) is 19.9 Å². The molecule has 0 unspecified atom stereocenters. The number of hydrogen-bond acceptors (Lipinski definition) is 5. The van der Waals surface area contributed by atoms with Gasteiger partial charge in [0.15, 0.2) is 0 Å². The van der Waals surface area contributed by atoms with Gasteiger partial charge in [-0.1, -0.05) is 18.2 Å². The Kier molecular flexibility index (Phi) is 4.87. The third-order valence-electron chi connectivity index (χ3n) is 2.30. The summed E-state index contributed by atoms with van der Waals surface area (Å²) in [4.78, 5) is 12.5. The van der Waals surface area contributed by atoms with Crippen LogP contribution in [0.25, 0.3) is 0 Å². The van der Waals surface area contributed by atoms with Gasteiger partial charge in [-0.2, -0.15) is 8.42 Å². The van der Waals surface area contributed by atoms with Gasteiger partial charge in [0.2, 0.25) is 0 Å². The molecule has 0 aliphatic heterocycles. The first-order chi connectivity index (χ1) is 9.92. The van der Waals surface area contributed by atoms with Crippen LogP contribution in [0.15, 0.2) is 59.5 Å². The number of amides is 1. The molecule has 2 rings (SSSR count). The van der Waals surface area contributed by atoms with E-state index in [9.17, 15) is 13.2 Å². The van der Waals surface area contributed by atoms with Gasteiger partial charge in [-0.15, -0.1) is 0 Å². The first kappa shape index (κ1) is 15.4. The van der Waals surface area contributed by atoms with Crippen LogP contribution < -0.4 is 9.50 Å². The molecule has 0 aromatic heterocycles. The molecule has 0 bridgehead atoms. The zero-order valence-electron chi connectivity index (χ0n) is 11.1. The first-order valence-corrected chi connectivity index (χ1v) is 8.59. The molecule has 0 heterocycles. The van der Waals surface area contributed by atoms with Gasteiger partial charge in [-0.3, -0.25) is 4.79 Å². The standard InChI is InChI=1S/C14H13NO4S2/c1-21(17,18)19-12-7-9-13(10-8-12)20-14(16)15-11-5-3-2-4-6-11/h2-10H,1H3,(H,15,16). The van der Waals surface area contributed by atoms with Gasteiger partial charge >= 0.3 is 10.1 Å². The molecular formula is C14H13NO4S2. The van der Waals surface area contributed by atoms with Gasteiger partial charge < -0.3 is 9.50 Å². The molecule has 0 aliphatic rings. The lowest BCUT2D eigenvalue weighted by Crippen LogP contribution is -2.06. The van der Waals surface area contributed by atoms with Crippen LogP contribution in [0.4, 0.5) is 10.5 Å². The van der Waals surface area contributed by atoms with E-state index in [0.717, 1.165) is 18.0 Å². The average Bonchev–Trinajstić information content (AvgIpc) is 2.40. The number of carbonyl (C=O) groups is 1. The van der Waals surface area contributed by atoms with E-state index in [-0.39, 0.29) is 11.0 Å². The number of anilines is 1. The van der Waals surface area contributed by atoms with Crippen LogP contribution in [0.2, 0.25) is 0 Å². The normalized spacial score (nSPS) is 10.9. The number of nitrogens with one attached hydrogen (secondary N) is 1. The molecule has 0 aliphatic carbocycles. The molecule has 0 saturated heterocycles. The fourth-order valence-corrected chi connectivity index (χ4v) is 2.63. The SMILES string of the molecule is CS(=O)(=O)Oc1ccc(SC(=O)Nc2ccccc2)cc1. The topological polar surface area (TPSA) is 72.5 Å². The average molecular weight is 323 g/mol. The predicted molar refractivity (Wildman–Crippen MR) is 83.2 cm³/mol. The summed E-state index contributed by atoms with van der Waals surface area (Å²) < 4.78 is 26.7. The second-order valence-electron chi connectivity index (χ2n) is 4.14. The zero-order chi connectivity index (χ0) is 15.3. The van der Waals surface area contributed by atoms with E-state index >= 15 is 0 Å². The highest BCUT2D eigenvalue weighted by Gasteiger charge is 2.07. The van der Waals surface area contributed by atoms with Gasteiger partial charge in [0.25, 0.3) is 5.24 Å². The number of benzene rings is 2. The lowest BCUT2D eigenvalue weighted by atomic mass is 10.3. The summed E-state index contributed by atoms with van der Waals surface area (Å²) in [7, 11) is -3.54. The van der Waals surface area contributed by atoms with Crippen molar-refractivity contribution in [2.24, 2.45) is 0 Å². The number of carbonyl (C=O) groups excluding carboxylic acids is 1. The Morgan fingerprint density at radius 1 is 1.05 bits per heavy atom. The van der Waals surface area contributed by atoms with E-state index in [1.54, 1.807) is 24.3 Å². The van der Waals surface area contributed by atoms with Crippen molar-refractivity contribution in [3.8, 4) is 5.75 Å². The Bertz CT molecular complexity index is 712. The maximum atomic E-state index is 11.8. The minimum atomic E-state index is -3.54. The Morgan fingerprint density at radius 2 is 1.67 bits per heavy atom. The molecule has 0 atom stereocenters. The van der Waals surface area contributed by atoms with Crippen molar-refractivity contribution in [1.82, 2.24) is 0 Å². The van der Waals surface area contributed by atoms with E-state index < -0.39 is 10.1 Å². The molecule has 2 aromatic carbocycles. The van der Waals surface area contributed by atoms with Crippen molar-refractivity contribution in [3.63, 3.8) is 0 Å². The number of para-hydroxylation sites is 1. The van der Waals surface area contributed by atoms with E-state index in [0.29, 0.717) is 10.6 Å². The summed E-state index contributed by atoms with van der Waals surface area (Å²) in [6.45, 7) is 0. The number of rotatable bonds is 4. The van der Waals surface area contributed by atoms with Crippen LogP contribution in [0, 0.1) is 0 Å². The second kappa shape index (κ2) is 6.64. The zero-order valence-corrected chi connectivity index (χ0v) is 12.8. The van der Waals surface area contributed by atoms with Gasteiger partial charge in [0.05, 0.1) is 6.26 Å². The number of hydrogen-bond donors (Lipinski definition) is 1. The smallest absolute Gasteiger partial charge is 0.306 e. The summed E-state index contributed by atoms with van der Waals surface area (Å²) in [5.74, 6) is 0.213. The molecule has 1 amide bonds. The predicted octanol–water partition coefficient (Wildman–Crippen LogP) is 3.35. The summed E-state index contributed by atoms with van der Waals surface area (Å²) in [5, 5.41) is 2.52.